The van der Waals surface area contributed by atoms with Crippen LogP contribution in [-0.2, 0) is 20.9 Å². The summed E-state index contributed by atoms with van der Waals surface area (Å²) in [7, 11) is 0. The Hall–Kier alpha value is -2.26. The van der Waals surface area contributed by atoms with Gasteiger partial charge < -0.3 is 20.4 Å². The van der Waals surface area contributed by atoms with Crippen LogP contribution in [0.3, 0.4) is 0 Å². The lowest BCUT2D eigenvalue weighted by molar-refractivity contribution is -0.125. The first-order chi connectivity index (χ1) is 12.1. The van der Waals surface area contributed by atoms with Crippen LogP contribution in [0.15, 0.2) is 35.5 Å². The summed E-state index contributed by atoms with van der Waals surface area (Å²) in [5, 5.41) is 11.3. The van der Waals surface area contributed by atoms with Gasteiger partial charge in [-0.25, -0.2) is 0 Å². The molecule has 2 rings (SSSR count). The second kappa shape index (κ2) is 9.90. The number of rotatable bonds is 9. The molecule has 1 saturated heterocycles. The number of furan rings is 1. The molecule has 0 aromatic carbocycles. The molecule has 1 aromatic heterocycles. The van der Waals surface area contributed by atoms with Gasteiger partial charge in [-0.2, -0.15) is 0 Å². The molecule has 1 aliphatic rings. The topological polar surface area (TPSA) is 112 Å². The Morgan fingerprint density at radius 1 is 1.40 bits per heavy atom. The van der Waals surface area contributed by atoms with Gasteiger partial charge in [-0.05, 0) is 12.1 Å². The van der Waals surface area contributed by atoms with Crippen molar-refractivity contribution in [2.45, 2.75) is 30.9 Å². The average Bonchev–Trinajstić information content (AvgIpc) is 3.09. The van der Waals surface area contributed by atoms with Crippen LogP contribution in [0.4, 0.5) is 0 Å². The summed E-state index contributed by atoms with van der Waals surface area (Å²) < 4.78 is 5.14. The Labute approximate surface area is 150 Å². The van der Waals surface area contributed by atoms with Crippen LogP contribution in [0.2, 0.25) is 0 Å². The molecule has 0 bridgehead atoms. The third kappa shape index (κ3) is 7.02. The van der Waals surface area contributed by atoms with E-state index in [1.807, 2.05) is 0 Å². The minimum absolute atomic E-state index is 0.145. The highest BCUT2D eigenvalue weighted by molar-refractivity contribution is 8.00. The zero-order valence-corrected chi connectivity index (χ0v) is 14.6. The summed E-state index contributed by atoms with van der Waals surface area (Å²) in [6, 6.07) is 3.27. The molecule has 1 fully saturated rings. The second-order valence-corrected chi connectivity index (χ2v) is 6.57. The fourth-order valence-corrected chi connectivity index (χ4v) is 3.18. The lowest BCUT2D eigenvalue weighted by Gasteiger charge is -2.30. The summed E-state index contributed by atoms with van der Waals surface area (Å²) >= 11 is 1.26. The van der Waals surface area contributed by atoms with E-state index in [1.165, 1.54) is 11.8 Å². The number of thioether (sulfide) groups is 1. The highest BCUT2D eigenvalue weighted by Crippen LogP contribution is 2.14. The number of hydrogen-bond acceptors (Lipinski definition) is 6. The molecule has 0 radical (unpaired) electrons. The quantitative estimate of drug-likeness (QED) is 0.461. The van der Waals surface area contributed by atoms with Gasteiger partial charge in [0.15, 0.2) is 0 Å². The summed E-state index contributed by atoms with van der Waals surface area (Å²) in [6.07, 6.45) is 3.56. The Morgan fingerprint density at radius 2 is 2.24 bits per heavy atom. The third-order valence-electron chi connectivity index (χ3n) is 3.41. The number of carbonyl (C=O) groups excluding carboxylic acids is 3. The number of nitrogens with one attached hydrogen (secondary N) is 4. The zero-order valence-electron chi connectivity index (χ0n) is 13.7. The molecule has 136 valence electrons. The van der Waals surface area contributed by atoms with E-state index in [4.69, 9.17) is 4.42 Å². The van der Waals surface area contributed by atoms with Gasteiger partial charge in [-0.1, -0.05) is 6.08 Å². The molecular weight excluding hydrogens is 344 g/mol. The maximum absolute atomic E-state index is 11.9. The highest BCUT2D eigenvalue weighted by atomic mass is 32.2. The van der Waals surface area contributed by atoms with Gasteiger partial charge in [0, 0.05) is 25.4 Å². The number of hydrogen-bond donors (Lipinski definition) is 4. The molecule has 0 spiro atoms. The van der Waals surface area contributed by atoms with Gasteiger partial charge in [0.1, 0.15) is 11.3 Å². The van der Waals surface area contributed by atoms with E-state index in [1.54, 1.807) is 24.5 Å². The molecule has 2 unspecified atom stereocenters. The van der Waals surface area contributed by atoms with Crippen LogP contribution in [0.25, 0.3) is 0 Å². The van der Waals surface area contributed by atoms with E-state index in [0.717, 1.165) is 0 Å². The minimum Gasteiger partial charge on any atom is -0.467 e. The molecule has 9 heteroatoms. The number of carbonyl (C=O) groups is 3. The molecule has 1 aliphatic heterocycles. The minimum atomic E-state index is -0.409. The van der Waals surface area contributed by atoms with Gasteiger partial charge in [0.25, 0.3) is 0 Å². The first kappa shape index (κ1) is 19.1. The third-order valence-corrected chi connectivity index (χ3v) is 4.42. The normalized spacial score (nSPS) is 19.8. The first-order valence-electron chi connectivity index (χ1n) is 7.90. The smallest absolute Gasteiger partial charge is 0.230 e. The molecular formula is C16H22N4O4S. The Bertz CT molecular complexity index is 605. The molecule has 2 heterocycles. The largest absolute Gasteiger partial charge is 0.467 e. The van der Waals surface area contributed by atoms with Gasteiger partial charge in [0.2, 0.25) is 17.7 Å². The van der Waals surface area contributed by atoms with Crippen molar-refractivity contribution in [3.05, 3.63) is 36.8 Å². The fourth-order valence-electron chi connectivity index (χ4n) is 2.26. The van der Waals surface area contributed by atoms with Crippen LogP contribution in [-0.4, -0.2) is 41.6 Å². The highest BCUT2D eigenvalue weighted by Gasteiger charge is 2.27. The molecule has 4 N–H and O–H groups in total. The van der Waals surface area contributed by atoms with Crippen molar-refractivity contribution >= 4 is 29.5 Å². The van der Waals surface area contributed by atoms with Crippen molar-refractivity contribution in [1.82, 2.24) is 21.3 Å². The maximum Gasteiger partial charge on any atom is 0.230 e. The van der Waals surface area contributed by atoms with Crippen molar-refractivity contribution in [2.24, 2.45) is 0 Å². The second-order valence-electron chi connectivity index (χ2n) is 5.48. The molecule has 1 aromatic rings. The number of amides is 3. The van der Waals surface area contributed by atoms with Gasteiger partial charge in [-0.15, -0.1) is 18.3 Å². The van der Waals surface area contributed by atoms with Crippen molar-refractivity contribution in [2.75, 3.05) is 12.3 Å². The van der Waals surface area contributed by atoms with Crippen LogP contribution < -0.4 is 21.3 Å². The van der Waals surface area contributed by atoms with Crippen LogP contribution in [0.1, 0.15) is 18.6 Å². The monoisotopic (exact) mass is 366 g/mol. The molecule has 3 amide bonds. The van der Waals surface area contributed by atoms with Gasteiger partial charge >= 0.3 is 0 Å². The zero-order chi connectivity index (χ0) is 18.1. The predicted octanol–water partition coefficient (Wildman–Crippen LogP) is 0.0830. The molecule has 2 atom stereocenters. The van der Waals surface area contributed by atoms with Crippen molar-refractivity contribution < 1.29 is 18.8 Å². The molecule has 0 aliphatic carbocycles. The van der Waals surface area contributed by atoms with Crippen molar-refractivity contribution in [3.63, 3.8) is 0 Å². The molecule has 8 nitrogen and oxygen atoms in total. The van der Waals surface area contributed by atoms with Crippen LogP contribution in [0.5, 0.6) is 0 Å². The maximum atomic E-state index is 11.9. The lowest BCUT2D eigenvalue weighted by atomic mass is 10.1. The summed E-state index contributed by atoms with van der Waals surface area (Å²) in [6.45, 7) is 4.25. The van der Waals surface area contributed by atoms with Gasteiger partial charge in [-0.3, -0.25) is 19.7 Å². The lowest BCUT2D eigenvalue weighted by Crippen LogP contribution is -2.56. The molecule has 0 saturated carbocycles. The van der Waals surface area contributed by atoms with Crippen molar-refractivity contribution in [1.29, 1.82) is 0 Å². The first-order valence-corrected chi connectivity index (χ1v) is 8.95. The Balaban J connectivity index is 1.71. The van der Waals surface area contributed by atoms with Crippen LogP contribution in [0, 0.1) is 0 Å². The molecule has 25 heavy (non-hydrogen) atoms. The van der Waals surface area contributed by atoms with Gasteiger partial charge in [0.05, 0.1) is 18.6 Å². The summed E-state index contributed by atoms with van der Waals surface area (Å²) in [5.74, 6) is 0.394. The van der Waals surface area contributed by atoms with Crippen molar-refractivity contribution in [3.8, 4) is 0 Å². The predicted molar refractivity (Wildman–Crippen MR) is 94.3 cm³/mol. The van der Waals surface area contributed by atoms with E-state index in [2.05, 4.69) is 27.8 Å². The van der Waals surface area contributed by atoms with E-state index in [-0.39, 0.29) is 42.4 Å². The van der Waals surface area contributed by atoms with E-state index in [9.17, 15) is 14.4 Å². The fraction of sp³-hybridized carbons (Fsp3) is 0.438. The average molecular weight is 366 g/mol. The SMILES string of the molecule is C=CCNC(=O)CC1CC(=O)NC(SCC(=O)NCc2ccco2)N1. The van der Waals surface area contributed by atoms with E-state index >= 15 is 0 Å². The van der Waals surface area contributed by atoms with E-state index < -0.39 is 5.50 Å². The Morgan fingerprint density at radius 3 is 2.96 bits per heavy atom. The van der Waals surface area contributed by atoms with Crippen LogP contribution >= 0.6 is 11.8 Å². The summed E-state index contributed by atoms with van der Waals surface area (Å²) in [5.41, 5.74) is -0.409. The Kier molecular flexibility index (Phi) is 7.55. The van der Waals surface area contributed by atoms with E-state index in [0.29, 0.717) is 18.8 Å². The standard InChI is InChI=1S/C16H22N4O4S/c1-2-5-17-13(21)7-11-8-14(22)20-16(19-11)25-10-15(23)18-9-12-4-3-6-24-12/h2-4,6,11,16,19H,1,5,7-10H2,(H,17,21)(H,18,23)(H,20,22). The summed E-state index contributed by atoms with van der Waals surface area (Å²) in [4.78, 5) is 35.4.